The topological polar surface area (TPSA) is 41.1 Å². The molecule has 0 bridgehead atoms. The standard InChI is InChI=1S/C22H20F2N2O/c1-15(22(27)26-20-14-18(23)12-13-19(20)24)25-21(16-8-4-2-5-9-16)17-10-6-3-7-11-17/h2-15,21,25H,1H3,(H,26,27)/t15-/m0/s1. The van der Waals surface area contributed by atoms with Gasteiger partial charge in [0.1, 0.15) is 11.6 Å². The lowest BCUT2D eigenvalue weighted by Gasteiger charge is -2.24. The summed E-state index contributed by atoms with van der Waals surface area (Å²) >= 11 is 0. The van der Waals surface area contributed by atoms with Gasteiger partial charge in [-0.15, -0.1) is 0 Å². The number of amides is 1. The van der Waals surface area contributed by atoms with Gasteiger partial charge in [-0.2, -0.15) is 0 Å². The number of halogens is 2. The minimum atomic E-state index is -0.681. The lowest BCUT2D eigenvalue weighted by Crippen LogP contribution is -2.40. The largest absolute Gasteiger partial charge is 0.322 e. The Hall–Kier alpha value is -3.05. The van der Waals surface area contributed by atoms with E-state index >= 15 is 0 Å². The quantitative estimate of drug-likeness (QED) is 0.666. The second-order valence-corrected chi connectivity index (χ2v) is 6.26. The average molecular weight is 366 g/mol. The highest BCUT2D eigenvalue weighted by molar-refractivity contribution is 5.94. The molecule has 0 spiro atoms. The molecule has 2 N–H and O–H groups in total. The van der Waals surface area contributed by atoms with Crippen molar-refractivity contribution in [3.63, 3.8) is 0 Å². The summed E-state index contributed by atoms with van der Waals surface area (Å²) in [6.07, 6.45) is 0. The van der Waals surface area contributed by atoms with E-state index in [-0.39, 0.29) is 11.7 Å². The molecule has 3 aromatic carbocycles. The van der Waals surface area contributed by atoms with Gasteiger partial charge in [0.15, 0.2) is 0 Å². The van der Waals surface area contributed by atoms with E-state index in [0.717, 1.165) is 29.3 Å². The summed E-state index contributed by atoms with van der Waals surface area (Å²) in [6.45, 7) is 1.69. The molecule has 3 aromatic rings. The van der Waals surface area contributed by atoms with Crippen LogP contribution in [0.3, 0.4) is 0 Å². The fraction of sp³-hybridized carbons (Fsp3) is 0.136. The fourth-order valence-electron chi connectivity index (χ4n) is 2.84. The van der Waals surface area contributed by atoms with E-state index in [1.165, 1.54) is 0 Å². The summed E-state index contributed by atoms with van der Waals surface area (Å²) in [5.74, 6) is -1.74. The second kappa shape index (κ2) is 8.56. The molecule has 0 unspecified atom stereocenters. The predicted molar refractivity (Wildman–Crippen MR) is 102 cm³/mol. The SMILES string of the molecule is C[C@H](NC(c1ccccc1)c1ccccc1)C(=O)Nc1cc(F)ccc1F. The van der Waals surface area contributed by atoms with Crippen LogP contribution in [0.25, 0.3) is 0 Å². The zero-order valence-electron chi connectivity index (χ0n) is 14.8. The van der Waals surface area contributed by atoms with Gasteiger partial charge in [-0.1, -0.05) is 60.7 Å². The van der Waals surface area contributed by atoms with E-state index < -0.39 is 23.6 Å². The van der Waals surface area contributed by atoms with E-state index in [9.17, 15) is 13.6 Å². The summed E-state index contributed by atoms with van der Waals surface area (Å²) < 4.78 is 27.1. The van der Waals surface area contributed by atoms with Crippen molar-refractivity contribution in [2.75, 3.05) is 5.32 Å². The molecule has 3 rings (SSSR count). The molecule has 3 nitrogen and oxygen atoms in total. The maximum atomic E-state index is 13.8. The Morgan fingerprint density at radius 1 is 0.852 bits per heavy atom. The Bertz CT molecular complexity index is 861. The Morgan fingerprint density at radius 2 is 1.41 bits per heavy atom. The third-order valence-electron chi connectivity index (χ3n) is 4.26. The summed E-state index contributed by atoms with van der Waals surface area (Å²) in [7, 11) is 0. The maximum Gasteiger partial charge on any atom is 0.241 e. The van der Waals surface area contributed by atoms with Gasteiger partial charge < -0.3 is 5.32 Å². The Kier molecular flexibility index (Phi) is 5.94. The van der Waals surface area contributed by atoms with Crippen molar-refractivity contribution in [3.05, 3.63) is 102 Å². The van der Waals surface area contributed by atoms with Crippen LogP contribution in [0.1, 0.15) is 24.1 Å². The first-order valence-corrected chi connectivity index (χ1v) is 8.66. The minimum absolute atomic E-state index is 0.176. The van der Waals surface area contributed by atoms with Crippen molar-refractivity contribution < 1.29 is 13.6 Å². The van der Waals surface area contributed by atoms with Crippen molar-refractivity contribution >= 4 is 11.6 Å². The first-order chi connectivity index (χ1) is 13.0. The number of nitrogens with one attached hydrogen (secondary N) is 2. The molecular formula is C22H20F2N2O. The summed E-state index contributed by atoms with van der Waals surface area (Å²) in [6, 6.07) is 21.6. The number of anilines is 1. The van der Waals surface area contributed by atoms with Gasteiger partial charge in [0.05, 0.1) is 17.8 Å². The van der Waals surface area contributed by atoms with Crippen LogP contribution in [-0.4, -0.2) is 11.9 Å². The Morgan fingerprint density at radius 3 is 1.96 bits per heavy atom. The van der Waals surface area contributed by atoms with E-state index in [1.54, 1.807) is 6.92 Å². The maximum absolute atomic E-state index is 13.8. The van der Waals surface area contributed by atoms with Crippen LogP contribution in [0.4, 0.5) is 14.5 Å². The first-order valence-electron chi connectivity index (χ1n) is 8.66. The second-order valence-electron chi connectivity index (χ2n) is 6.26. The molecule has 0 heterocycles. The van der Waals surface area contributed by atoms with E-state index in [0.29, 0.717) is 0 Å². The lowest BCUT2D eigenvalue weighted by molar-refractivity contribution is -0.117. The molecule has 0 aliphatic heterocycles. The number of hydrogen-bond acceptors (Lipinski definition) is 2. The highest BCUT2D eigenvalue weighted by atomic mass is 19.1. The van der Waals surface area contributed by atoms with Gasteiger partial charge in [-0.05, 0) is 30.2 Å². The first kappa shape index (κ1) is 18.7. The molecule has 0 aliphatic rings. The Balaban J connectivity index is 1.79. The number of carbonyl (C=O) groups excluding carboxylic acids is 1. The predicted octanol–water partition coefficient (Wildman–Crippen LogP) is 4.67. The monoisotopic (exact) mass is 366 g/mol. The molecule has 0 saturated carbocycles. The van der Waals surface area contributed by atoms with Crippen LogP contribution in [0, 0.1) is 11.6 Å². The molecule has 0 saturated heterocycles. The fourth-order valence-corrected chi connectivity index (χ4v) is 2.84. The van der Waals surface area contributed by atoms with Crippen LogP contribution in [0.15, 0.2) is 78.9 Å². The van der Waals surface area contributed by atoms with Gasteiger partial charge in [0.2, 0.25) is 5.91 Å². The molecule has 138 valence electrons. The molecule has 27 heavy (non-hydrogen) atoms. The van der Waals surface area contributed by atoms with Crippen molar-refractivity contribution in [1.29, 1.82) is 0 Å². The molecule has 5 heteroatoms. The molecule has 0 fully saturated rings. The van der Waals surface area contributed by atoms with Crippen LogP contribution in [0.2, 0.25) is 0 Å². The number of hydrogen-bond donors (Lipinski definition) is 2. The highest BCUT2D eigenvalue weighted by Crippen LogP contribution is 2.23. The summed E-state index contributed by atoms with van der Waals surface area (Å²) in [5, 5.41) is 5.72. The van der Waals surface area contributed by atoms with Gasteiger partial charge in [0.25, 0.3) is 0 Å². The summed E-state index contributed by atoms with van der Waals surface area (Å²) in [5.41, 5.74) is 1.82. The van der Waals surface area contributed by atoms with Crippen LogP contribution in [0.5, 0.6) is 0 Å². The molecule has 1 amide bonds. The minimum Gasteiger partial charge on any atom is -0.322 e. The number of rotatable bonds is 6. The van der Waals surface area contributed by atoms with Crippen molar-refractivity contribution in [2.24, 2.45) is 0 Å². The van der Waals surface area contributed by atoms with E-state index in [1.807, 2.05) is 60.7 Å². The van der Waals surface area contributed by atoms with Gasteiger partial charge in [0, 0.05) is 6.07 Å². The number of benzene rings is 3. The smallest absolute Gasteiger partial charge is 0.241 e. The normalized spacial score (nSPS) is 12.0. The van der Waals surface area contributed by atoms with Crippen molar-refractivity contribution in [2.45, 2.75) is 19.0 Å². The lowest BCUT2D eigenvalue weighted by atomic mass is 9.98. The number of carbonyl (C=O) groups is 1. The third-order valence-corrected chi connectivity index (χ3v) is 4.26. The molecular weight excluding hydrogens is 346 g/mol. The van der Waals surface area contributed by atoms with Crippen LogP contribution in [-0.2, 0) is 4.79 Å². The third kappa shape index (κ3) is 4.77. The van der Waals surface area contributed by atoms with Crippen molar-refractivity contribution in [3.8, 4) is 0 Å². The van der Waals surface area contributed by atoms with Gasteiger partial charge in [-0.25, -0.2) is 8.78 Å². The zero-order valence-corrected chi connectivity index (χ0v) is 14.8. The average Bonchev–Trinajstić information content (AvgIpc) is 2.70. The van der Waals surface area contributed by atoms with Crippen molar-refractivity contribution in [1.82, 2.24) is 5.32 Å². The van der Waals surface area contributed by atoms with Gasteiger partial charge >= 0.3 is 0 Å². The molecule has 0 aromatic heterocycles. The Labute approximate surface area is 157 Å². The highest BCUT2D eigenvalue weighted by Gasteiger charge is 2.21. The molecule has 0 aliphatic carbocycles. The zero-order chi connectivity index (χ0) is 19.2. The molecule has 0 radical (unpaired) electrons. The summed E-state index contributed by atoms with van der Waals surface area (Å²) in [4.78, 5) is 12.5. The van der Waals surface area contributed by atoms with E-state index in [2.05, 4.69) is 10.6 Å². The van der Waals surface area contributed by atoms with Gasteiger partial charge in [-0.3, -0.25) is 10.1 Å². The molecule has 1 atom stereocenters. The van der Waals surface area contributed by atoms with E-state index in [4.69, 9.17) is 0 Å². The van der Waals surface area contributed by atoms with Crippen LogP contribution < -0.4 is 10.6 Å². The van der Waals surface area contributed by atoms with Crippen LogP contribution >= 0.6 is 0 Å².